The molecule has 0 atom stereocenters. The number of aromatic nitrogens is 4. The van der Waals surface area contributed by atoms with Gasteiger partial charge in [0.1, 0.15) is 11.5 Å². The largest absolute Gasteiger partial charge is 0.325 e. The van der Waals surface area contributed by atoms with Gasteiger partial charge in [-0.3, -0.25) is 9.36 Å². The lowest BCUT2D eigenvalue weighted by Crippen LogP contribution is -2.14. The van der Waals surface area contributed by atoms with Crippen LogP contribution in [-0.4, -0.2) is 31.4 Å². The van der Waals surface area contributed by atoms with Crippen molar-refractivity contribution in [1.29, 1.82) is 0 Å². The number of pyridine rings is 1. The molecule has 8 heteroatoms. The second-order valence-corrected chi connectivity index (χ2v) is 7.38. The van der Waals surface area contributed by atoms with Gasteiger partial charge in [-0.05, 0) is 29.8 Å². The minimum absolute atomic E-state index is 0.137. The van der Waals surface area contributed by atoms with Gasteiger partial charge >= 0.3 is 0 Å². The maximum absolute atomic E-state index is 13.3. The summed E-state index contributed by atoms with van der Waals surface area (Å²) in [4.78, 5) is 16.5. The van der Waals surface area contributed by atoms with E-state index in [4.69, 9.17) is 0 Å². The highest BCUT2D eigenvalue weighted by atomic mass is 32.2. The molecule has 1 N–H and O–H groups in total. The number of amides is 1. The summed E-state index contributed by atoms with van der Waals surface area (Å²) in [6, 6.07) is 22.0. The van der Waals surface area contributed by atoms with E-state index >= 15 is 0 Å². The number of thioether (sulfide) groups is 1. The van der Waals surface area contributed by atoms with Crippen LogP contribution in [0.5, 0.6) is 0 Å². The van der Waals surface area contributed by atoms with Crippen LogP contribution in [0.15, 0.2) is 84.1 Å². The highest BCUT2D eigenvalue weighted by molar-refractivity contribution is 7.99. The molecule has 0 spiro atoms. The Labute approximate surface area is 177 Å². The van der Waals surface area contributed by atoms with Crippen LogP contribution in [0.25, 0.3) is 11.5 Å². The second kappa shape index (κ2) is 9.32. The molecule has 0 aliphatic rings. The quantitative estimate of drug-likeness (QED) is 0.453. The lowest BCUT2D eigenvalue weighted by Gasteiger charge is -2.10. The fourth-order valence-corrected chi connectivity index (χ4v) is 3.59. The number of benzene rings is 2. The number of nitrogens with zero attached hydrogens (tertiary/aromatic N) is 4. The standard InChI is InChI=1S/C22H18FN5OS/c23-17-11-12-19(24-13-17)21-26-27-22(28(21)14-16-7-3-1-4-8-16)30-15-20(29)25-18-9-5-2-6-10-18/h1-13H,14-15H2,(H,25,29). The molecular formula is C22H18FN5OS. The Hall–Kier alpha value is -3.52. The van der Waals surface area contributed by atoms with Gasteiger partial charge in [-0.2, -0.15) is 0 Å². The van der Waals surface area contributed by atoms with Crippen molar-refractivity contribution < 1.29 is 9.18 Å². The minimum atomic E-state index is -0.417. The number of anilines is 1. The van der Waals surface area contributed by atoms with Gasteiger partial charge in [-0.1, -0.05) is 60.3 Å². The topological polar surface area (TPSA) is 72.7 Å². The van der Waals surface area contributed by atoms with Gasteiger partial charge in [0.05, 0.1) is 18.5 Å². The van der Waals surface area contributed by atoms with Crippen LogP contribution in [0.4, 0.5) is 10.1 Å². The zero-order chi connectivity index (χ0) is 20.8. The van der Waals surface area contributed by atoms with Crippen molar-refractivity contribution in [2.24, 2.45) is 0 Å². The summed E-state index contributed by atoms with van der Waals surface area (Å²) in [5.74, 6) is 0.144. The molecule has 2 aromatic heterocycles. The molecule has 30 heavy (non-hydrogen) atoms. The Kier molecular flexibility index (Phi) is 6.14. The molecular weight excluding hydrogens is 401 g/mol. The number of carbonyl (C=O) groups excluding carboxylic acids is 1. The number of halogens is 1. The molecule has 2 aromatic carbocycles. The van der Waals surface area contributed by atoms with E-state index in [1.807, 2.05) is 65.2 Å². The number of carbonyl (C=O) groups is 1. The highest BCUT2D eigenvalue weighted by Gasteiger charge is 2.17. The summed E-state index contributed by atoms with van der Waals surface area (Å²) >= 11 is 1.29. The third kappa shape index (κ3) is 4.90. The maximum atomic E-state index is 13.3. The molecule has 4 rings (SSSR count). The number of hydrogen-bond donors (Lipinski definition) is 1. The van der Waals surface area contributed by atoms with E-state index in [-0.39, 0.29) is 11.7 Å². The predicted molar refractivity (Wildman–Crippen MR) is 115 cm³/mol. The number of hydrogen-bond acceptors (Lipinski definition) is 5. The summed E-state index contributed by atoms with van der Waals surface area (Å²) in [6.07, 6.45) is 1.15. The van der Waals surface area contributed by atoms with E-state index in [0.717, 1.165) is 17.4 Å². The lowest BCUT2D eigenvalue weighted by atomic mass is 10.2. The summed E-state index contributed by atoms with van der Waals surface area (Å²) in [6.45, 7) is 0.505. The van der Waals surface area contributed by atoms with Crippen molar-refractivity contribution in [3.05, 3.63) is 90.4 Å². The first-order valence-corrected chi connectivity index (χ1v) is 10.2. The summed E-state index contributed by atoms with van der Waals surface area (Å²) < 4.78 is 15.2. The summed E-state index contributed by atoms with van der Waals surface area (Å²) in [5.41, 5.74) is 2.31. The first kappa shape index (κ1) is 19.8. The van der Waals surface area contributed by atoms with E-state index in [9.17, 15) is 9.18 Å². The van der Waals surface area contributed by atoms with Crippen molar-refractivity contribution in [2.45, 2.75) is 11.7 Å². The fourth-order valence-electron chi connectivity index (χ4n) is 2.85. The molecule has 0 saturated heterocycles. The molecule has 0 aliphatic carbocycles. The third-order valence-electron chi connectivity index (χ3n) is 4.25. The molecule has 0 saturated carbocycles. The zero-order valence-electron chi connectivity index (χ0n) is 15.9. The average molecular weight is 419 g/mol. The molecule has 0 aliphatic heterocycles. The van der Waals surface area contributed by atoms with Crippen LogP contribution in [-0.2, 0) is 11.3 Å². The van der Waals surface area contributed by atoms with Crippen molar-refractivity contribution in [2.75, 3.05) is 11.1 Å². The minimum Gasteiger partial charge on any atom is -0.325 e. The summed E-state index contributed by atoms with van der Waals surface area (Å²) in [5, 5.41) is 11.9. The molecule has 0 unspecified atom stereocenters. The molecule has 0 fully saturated rings. The molecule has 0 radical (unpaired) electrons. The van der Waals surface area contributed by atoms with E-state index in [2.05, 4.69) is 20.5 Å². The smallest absolute Gasteiger partial charge is 0.234 e. The zero-order valence-corrected chi connectivity index (χ0v) is 16.7. The molecule has 6 nitrogen and oxygen atoms in total. The highest BCUT2D eigenvalue weighted by Crippen LogP contribution is 2.24. The number of rotatable bonds is 7. The normalized spacial score (nSPS) is 10.7. The first-order chi connectivity index (χ1) is 14.7. The maximum Gasteiger partial charge on any atom is 0.234 e. The van der Waals surface area contributed by atoms with Crippen LogP contribution in [0.3, 0.4) is 0 Å². The Morgan fingerprint density at radius 3 is 2.40 bits per heavy atom. The SMILES string of the molecule is O=C(CSc1nnc(-c2ccc(F)cn2)n1Cc1ccccc1)Nc1ccccc1. The predicted octanol–water partition coefficient (Wildman–Crippen LogP) is 4.26. The third-order valence-corrected chi connectivity index (χ3v) is 5.21. The number of para-hydroxylation sites is 1. The first-order valence-electron chi connectivity index (χ1n) is 9.26. The molecule has 2 heterocycles. The summed E-state index contributed by atoms with van der Waals surface area (Å²) in [7, 11) is 0. The molecule has 1 amide bonds. The van der Waals surface area contributed by atoms with Crippen molar-refractivity contribution >= 4 is 23.4 Å². The lowest BCUT2D eigenvalue weighted by molar-refractivity contribution is -0.113. The Morgan fingerprint density at radius 2 is 1.70 bits per heavy atom. The van der Waals surface area contributed by atoms with Gasteiger partial charge < -0.3 is 5.32 Å². The van der Waals surface area contributed by atoms with E-state index in [1.54, 1.807) is 6.07 Å². The van der Waals surface area contributed by atoms with Crippen LogP contribution < -0.4 is 5.32 Å². The fraction of sp³-hybridized carbons (Fsp3) is 0.0909. The van der Waals surface area contributed by atoms with E-state index < -0.39 is 5.82 Å². The Bertz CT molecular complexity index is 1120. The van der Waals surface area contributed by atoms with Gasteiger partial charge in [0.25, 0.3) is 0 Å². The number of nitrogens with one attached hydrogen (secondary N) is 1. The van der Waals surface area contributed by atoms with Crippen molar-refractivity contribution in [1.82, 2.24) is 19.7 Å². The van der Waals surface area contributed by atoms with Crippen molar-refractivity contribution in [3.63, 3.8) is 0 Å². The van der Waals surface area contributed by atoms with E-state index in [1.165, 1.54) is 17.8 Å². The van der Waals surface area contributed by atoms with Gasteiger partial charge in [0, 0.05) is 5.69 Å². The average Bonchev–Trinajstić information content (AvgIpc) is 3.16. The van der Waals surface area contributed by atoms with Gasteiger partial charge in [0.2, 0.25) is 5.91 Å². The van der Waals surface area contributed by atoms with Crippen LogP contribution in [0.1, 0.15) is 5.56 Å². The monoisotopic (exact) mass is 419 g/mol. The van der Waals surface area contributed by atoms with Gasteiger partial charge in [-0.15, -0.1) is 10.2 Å². The van der Waals surface area contributed by atoms with Crippen LogP contribution >= 0.6 is 11.8 Å². The van der Waals surface area contributed by atoms with Crippen LogP contribution in [0.2, 0.25) is 0 Å². The molecule has 4 aromatic rings. The van der Waals surface area contributed by atoms with Gasteiger partial charge in [-0.25, -0.2) is 9.37 Å². The van der Waals surface area contributed by atoms with Gasteiger partial charge in [0.15, 0.2) is 11.0 Å². The van der Waals surface area contributed by atoms with Crippen LogP contribution in [0, 0.1) is 5.82 Å². The second-order valence-electron chi connectivity index (χ2n) is 6.44. The Balaban J connectivity index is 1.55. The van der Waals surface area contributed by atoms with E-state index in [0.29, 0.717) is 23.2 Å². The molecule has 0 bridgehead atoms. The molecule has 150 valence electrons. The van der Waals surface area contributed by atoms with Crippen molar-refractivity contribution in [3.8, 4) is 11.5 Å². The Morgan fingerprint density at radius 1 is 0.967 bits per heavy atom.